The predicted octanol–water partition coefficient (Wildman–Crippen LogP) is 1.51. The summed E-state index contributed by atoms with van der Waals surface area (Å²) < 4.78 is 0. The molecule has 1 aliphatic heterocycles. The van der Waals surface area contributed by atoms with Crippen molar-refractivity contribution in [3.05, 3.63) is 0 Å². The first kappa shape index (κ1) is 14.8. The average molecular weight is 267 g/mol. The fourth-order valence-corrected chi connectivity index (χ4v) is 2.92. The zero-order valence-electron chi connectivity index (χ0n) is 12.6. The Morgan fingerprint density at radius 3 is 2.53 bits per heavy atom. The SMILES string of the molecule is CC(C)NC(=O)C(C)N(CC1CCCCN1)C1CC1. The standard InChI is InChI=1S/C15H29N3O/c1-11(2)17-15(19)12(3)18(14-7-8-14)10-13-6-4-5-9-16-13/h11-14,16H,4-10H2,1-3H3,(H,17,19). The van der Waals surface area contributed by atoms with Crippen molar-refractivity contribution in [2.45, 2.75) is 77.0 Å². The van der Waals surface area contributed by atoms with Gasteiger partial charge in [0.2, 0.25) is 5.91 Å². The van der Waals surface area contributed by atoms with Crippen LogP contribution in [0.1, 0.15) is 52.9 Å². The molecule has 2 fully saturated rings. The molecule has 19 heavy (non-hydrogen) atoms. The molecule has 2 aliphatic rings. The Morgan fingerprint density at radius 1 is 1.26 bits per heavy atom. The summed E-state index contributed by atoms with van der Waals surface area (Å²) in [5.41, 5.74) is 0. The highest BCUT2D eigenvalue weighted by Crippen LogP contribution is 2.29. The van der Waals surface area contributed by atoms with Crippen molar-refractivity contribution in [1.82, 2.24) is 15.5 Å². The molecule has 2 N–H and O–H groups in total. The number of rotatable bonds is 6. The van der Waals surface area contributed by atoms with Crippen LogP contribution in [-0.4, -0.2) is 48.1 Å². The van der Waals surface area contributed by atoms with Crippen LogP contribution < -0.4 is 10.6 Å². The Kier molecular flexibility index (Phi) is 5.22. The van der Waals surface area contributed by atoms with Gasteiger partial charge < -0.3 is 10.6 Å². The fraction of sp³-hybridized carbons (Fsp3) is 0.933. The van der Waals surface area contributed by atoms with Crippen LogP contribution in [0.15, 0.2) is 0 Å². The van der Waals surface area contributed by atoms with Gasteiger partial charge >= 0.3 is 0 Å². The van der Waals surface area contributed by atoms with Crippen LogP contribution in [0, 0.1) is 0 Å². The van der Waals surface area contributed by atoms with E-state index in [4.69, 9.17) is 0 Å². The molecule has 1 amide bonds. The molecule has 0 aromatic carbocycles. The summed E-state index contributed by atoms with van der Waals surface area (Å²) in [6.45, 7) is 8.26. The maximum Gasteiger partial charge on any atom is 0.237 e. The largest absolute Gasteiger partial charge is 0.353 e. The van der Waals surface area contributed by atoms with E-state index in [0.29, 0.717) is 12.1 Å². The maximum atomic E-state index is 12.2. The van der Waals surface area contributed by atoms with E-state index in [9.17, 15) is 4.79 Å². The zero-order valence-corrected chi connectivity index (χ0v) is 12.6. The number of piperidine rings is 1. The van der Waals surface area contributed by atoms with Crippen molar-refractivity contribution in [3.8, 4) is 0 Å². The molecule has 0 radical (unpaired) electrons. The first-order chi connectivity index (χ1) is 9.08. The van der Waals surface area contributed by atoms with E-state index < -0.39 is 0 Å². The number of amides is 1. The van der Waals surface area contributed by atoms with E-state index >= 15 is 0 Å². The second kappa shape index (κ2) is 6.71. The van der Waals surface area contributed by atoms with E-state index in [1.54, 1.807) is 0 Å². The molecule has 2 unspecified atom stereocenters. The molecule has 4 nitrogen and oxygen atoms in total. The molecule has 0 aromatic rings. The van der Waals surface area contributed by atoms with Crippen LogP contribution in [0.5, 0.6) is 0 Å². The number of carbonyl (C=O) groups is 1. The summed E-state index contributed by atoms with van der Waals surface area (Å²) >= 11 is 0. The highest BCUT2D eigenvalue weighted by atomic mass is 16.2. The van der Waals surface area contributed by atoms with Gasteiger partial charge in [-0.25, -0.2) is 0 Å². The molecule has 1 saturated carbocycles. The number of carbonyl (C=O) groups excluding carboxylic acids is 1. The second-order valence-corrected chi connectivity index (χ2v) is 6.41. The second-order valence-electron chi connectivity index (χ2n) is 6.41. The Balaban J connectivity index is 1.89. The van der Waals surface area contributed by atoms with Crippen molar-refractivity contribution < 1.29 is 4.79 Å². The number of nitrogens with one attached hydrogen (secondary N) is 2. The van der Waals surface area contributed by atoms with Gasteiger partial charge in [-0.2, -0.15) is 0 Å². The quantitative estimate of drug-likeness (QED) is 0.766. The molecule has 2 rings (SSSR count). The summed E-state index contributed by atoms with van der Waals surface area (Å²) in [7, 11) is 0. The third kappa shape index (κ3) is 4.46. The van der Waals surface area contributed by atoms with Crippen molar-refractivity contribution >= 4 is 5.91 Å². The normalized spacial score (nSPS) is 25.6. The topological polar surface area (TPSA) is 44.4 Å². The minimum atomic E-state index is -0.00127. The van der Waals surface area contributed by atoms with Gasteiger partial charge in [0, 0.05) is 24.7 Å². The van der Waals surface area contributed by atoms with Gasteiger partial charge in [-0.15, -0.1) is 0 Å². The average Bonchev–Trinajstić information content (AvgIpc) is 3.20. The molecule has 0 bridgehead atoms. The van der Waals surface area contributed by atoms with Crippen molar-refractivity contribution in [2.24, 2.45) is 0 Å². The summed E-state index contributed by atoms with van der Waals surface area (Å²) in [4.78, 5) is 14.6. The molecule has 0 spiro atoms. The Morgan fingerprint density at radius 2 is 2.00 bits per heavy atom. The third-order valence-electron chi connectivity index (χ3n) is 4.17. The number of hydrogen-bond acceptors (Lipinski definition) is 3. The first-order valence-corrected chi connectivity index (χ1v) is 7.87. The Labute approximate surface area is 117 Å². The highest BCUT2D eigenvalue weighted by molar-refractivity contribution is 5.81. The van der Waals surface area contributed by atoms with Crippen molar-refractivity contribution in [3.63, 3.8) is 0 Å². The summed E-state index contributed by atoms with van der Waals surface area (Å²) in [5, 5.41) is 6.64. The smallest absolute Gasteiger partial charge is 0.237 e. The molecule has 4 heteroatoms. The van der Waals surface area contributed by atoms with Gasteiger partial charge in [0.15, 0.2) is 0 Å². The maximum absolute atomic E-state index is 12.2. The highest BCUT2D eigenvalue weighted by Gasteiger charge is 2.36. The van der Waals surface area contributed by atoms with E-state index in [1.165, 1.54) is 32.1 Å². The van der Waals surface area contributed by atoms with Crippen molar-refractivity contribution in [2.75, 3.05) is 13.1 Å². The van der Waals surface area contributed by atoms with Gasteiger partial charge in [0.05, 0.1) is 6.04 Å². The molecule has 110 valence electrons. The minimum absolute atomic E-state index is 0.00127. The third-order valence-corrected chi connectivity index (χ3v) is 4.17. The molecule has 0 aromatic heterocycles. The lowest BCUT2D eigenvalue weighted by atomic mass is 10.0. The van der Waals surface area contributed by atoms with Crippen LogP contribution in [-0.2, 0) is 4.79 Å². The molecule has 1 heterocycles. The molecule has 1 aliphatic carbocycles. The molecule has 1 saturated heterocycles. The zero-order chi connectivity index (χ0) is 13.8. The Bertz CT molecular complexity index is 296. The van der Waals surface area contributed by atoms with Crippen molar-refractivity contribution in [1.29, 1.82) is 0 Å². The number of hydrogen-bond donors (Lipinski definition) is 2. The summed E-state index contributed by atoms with van der Waals surface area (Å²) in [6.07, 6.45) is 6.38. The van der Waals surface area contributed by atoms with Gasteiger partial charge in [-0.3, -0.25) is 9.69 Å². The monoisotopic (exact) mass is 267 g/mol. The van der Waals surface area contributed by atoms with Gasteiger partial charge in [0.1, 0.15) is 0 Å². The first-order valence-electron chi connectivity index (χ1n) is 7.87. The van der Waals surface area contributed by atoms with Crippen LogP contribution >= 0.6 is 0 Å². The van der Waals surface area contributed by atoms with E-state index in [-0.39, 0.29) is 18.0 Å². The van der Waals surface area contributed by atoms with Crippen LogP contribution in [0.2, 0.25) is 0 Å². The predicted molar refractivity (Wildman–Crippen MR) is 78.1 cm³/mol. The molecular weight excluding hydrogens is 238 g/mol. The van der Waals surface area contributed by atoms with Crippen LogP contribution in [0.3, 0.4) is 0 Å². The molecule has 2 atom stereocenters. The Hall–Kier alpha value is -0.610. The molecular formula is C15H29N3O. The number of nitrogens with zero attached hydrogens (tertiary/aromatic N) is 1. The van der Waals surface area contributed by atoms with E-state index in [2.05, 4.69) is 22.5 Å². The fourth-order valence-electron chi connectivity index (χ4n) is 2.92. The van der Waals surface area contributed by atoms with E-state index in [1.807, 2.05) is 13.8 Å². The van der Waals surface area contributed by atoms with Crippen LogP contribution in [0.25, 0.3) is 0 Å². The van der Waals surface area contributed by atoms with Gasteiger partial charge in [0.25, 0.3) is 0 Å². The lowest BCUT2D eigenvalue weighted by molar-refractivity contribution is -0.126. The van der Waals surface area contributed by atoms with Gasteiger partial charge in [-0.05, 0) is 53.0 Å². The summed E-state index contributed by atoms with van der Waals surface area (Å²) in [6, 6.07) is 1.43. The summed E-state index contributed by atoms with van der Waals surface area (Å²) in [5.74, 6) is 0.178. The lowest BCUT2D eigenvalue weighted by Gasteiger charge is -2.34. The van der Waals surface area contributed by atoms with E-state index in [0.717, 1.165) is 13.1 Å². The van der Waals surface area contributed by atoms with Gasteiger partial charge in [-0.1, -0.05) is 6.42 Å². The minimum Gasteiger partial charge on any atom is -0.353 e. The van der Waals surface area contributed by atoms with Crippen LogP contribution in [0.4, 0.5) is 0 Å². The lowest BCUT2D eigenvalue weighted by Crippen LogP contribution is -2.52.